The van der Waals surface area contributed by atoms with E-state index < -0.39 is 9.84 Å². The molecule has 0 aliphatic carbocycles. The van der Waals surface area contributed by atoms with Crippen molar-refractivity contribution < 1.29 is 17.9 Å². The highest BCUT2D eigenvalue weighted by Crippen LogP contribution is 2.46. The zero-order valence-electron chi connectivity index (χ0n) is 17.6. The Labute approximate surface area is 178 Å². The van der Waals surface area contributed by atoms with Gasteiger partial charge in [-0.1, -0.05) is 6.92 Å². The van der Waals surface area contributed by atoms with Gasteiger partial charge >= 0.3 is 0 Å². The smallest absolute Gasteiger partial charge is 0.237 e. The molecule has 1 amide bonds. The number of amides is 1. The molecule has 1 aromatic heterocycles. The van der Waals surface area contributed by atoms with Crippen LogP contribution >= 0.6 is 11.3 Å². The van der Waals surface area contributed by atoms with Crippen molar-refractivity contribution >= 4 is 27.1 Å². The number of carbonyl (C=O) groups excluding carboxylic acids is 1. The summed E-state index contributed by atoms with van der Waals surface area (Å²) in [4.78, 5) is 19.2. The topological polar surface area (TPSA) is 66.9 Å². The van der Waals surface area contributed by atoms with Crippen LogP contribution in [0.5, 0.6) is 0 Å². The van der Waals surface area contributed by atoms with Crippen LogP contribution in [0.15, 0.2) is 6.07 Å². The van der Waals surface area contributed by atoms with Crippen molar-refractivity contribution in [1.29, 1.82) is 0 Å². The molecular formula is C21H32N2O4S2. The summed E-state index contributed by atoms with van der Waals surface area (Å²) in [5.41, 5.74) is 1.32. The van der Waals surface area contributed by atoms with Gasteiger partial charge in [-0.05, 0) is 37.8 Å². The lowest BCUT2D eigenvalue weighted by atomic mass is 9.79. The van der Waals surface area contributed by atoms with E-state index in [9.17, 15) is 13.2 Å². The number of ether oxygens (including phenoxy) is 1. The Morgan fingerprint density at radius 2 is 2.14 bits per heavy atom. The normalized spacial score (nSPS) is 28.4. The first-order valence-corrected chi connectivity index (χ1v) is 13.5. The third kappa shape index (κ3) is 4.40. The SMILES string of the molecule is CCc1cc2c(s1)CCO[C@@]21CCN(CC2CN(C(=O)CS(C)(=O)=O)C2)[C@@H](C)C1. The summed E-state index contributed by atoms with van der Waals surface area (Å²) in [6.07, 6.45) is 5.28. The predicted molar refractivity (Wildman–Crippen MR) is 115 cm³/mol. The van der Waals surface area contributed by atoms with Crippen LogP contribution in [-0.4, -0.2) is 75.0 Å². The zero-order chi connectivity index (χ0) is 20.8. The summed E-state index contributed by atoms with van der Waals surface area (Å²) in [5.74, 6) is -0.199. The van der Waals surface area contributed by atoms with Crippen molar-refractivity contribution in [3.8, 4) is 0 Å². The average molecular weight is 441 g/mol. The number of fused-ring (bicyclic) bond motifs is 2. The van der Waals surface area contributed by atoms with Crippen molar-refractivity contribution in [3.05, 3.63) is 21.4 Å². The molecule has 162 valence electrons. The molecule has 3 aliphatic heterocycles. The Kier molecular flexibility index (Phi) is 5.83. The molecule has 0 radical (unpaired) electrons. The largest absolute Gasteiger partial charge is 0.370 e. The molecule has 29 heavy (non-hydrogen) atoms. The molecule has 2 saturated heterocycles. The van der Waals surface area contributed by atoms with E-state index in [1.807, 2.05) is 11.3 Å². The highest BCUT2D eigenvalue weighted by molar-refractivity contribution is 7.91. The number of rotatable bonds is 5. The molecule has 0 unspecified atom stereocenters. The number of sulfone groups is 1. The van der Waals surface area contributed by atoms with Gasteiger partial charge in [0.2, 0.25) is 5.91 Å². The molecule has 1 spiro atoms. The molecule has 8 heteroatoms. The molecule has 0 bridgehead atoms. The van der Waals surface area contributed by atoms with Gasteiger partial charge in [-0.2, -0.15) is 0 Å². The maximum absolute atomic E-state index is 12.0. The number of likely N-dealkylation sites (tertiary alicyclic amines) is 2. The summed E-state index contributed by atoms with van der Waals surface area (Å²) < 4.78 is 29.1. The number of nitrogens with zero attached hydrogens (tertiary/aromatic N) is 2. The molecular weight excluding hydrogens is 408 g/mol. The first-order chi connectivity index (χ1) is 13.7. The van der Waals surface area contributed by atoms with E-state index in [4.69, 9.17) is 4.74 Å². The van der Waals surface area contributed by atoms with Crippen LogP contribution in [0.2, 0.25) is 0 Å². The Bertz CT molecular complexity index is 875. The standard InChI is InChI=1S/C21H32N2O4S2/c1-4-17-9-18-19(28-17)5-8-27-21(18)6-7-22(15(2)10-21)11-16-12-23(13-16)20(24)14-29(3,25)26/h9,15-16H,4-8,10-14H2,1-3H3/t15-,21+/m0/s1. The molecule has 4 heterocycles. The van der Waals surface area contributed by atoms with Crippen LogP contribution in [0, 0.1) is 5.92 Å². The van der Waals surface area contributed by atoms with Crippen molar-refractivity contribution in [1.82, 2.24) is 9.80 Å². The van der Waals surface area contributed by atoms with E-state index in [1.54, 1.807) is 4.90 Å². The van der Waals surface area contributed by atoms with Gasteiger partial charge in [0.1, 0.15) is 5.75 Å². The van der Waals surface area contributed by atoms with E-state index in [-0.39, 0.29) is 17.3 Å². The molecule has 3 aliphatic rings. The Balaban J connectivity index is 1.33. The van der Waals surface area contributed by atoms with Crippen LogP contribution in [0.3, 0.4) is 0 Å². The number of thiophene rings is 1. The third-order valence-corrected chi connectivity index (χ3v) is 8.76. The lowest BCUT2D eigenvalue weighted by Gasteiger charge is -2.49. The average Bonchev–Trinajstić information content (AvgIpc) is 3.03. The van der Waals surface area contributed by atoms with Crippen LogP contribution in [0.1, 0.15) is 42.0 Å². The second-order valence-corrected chi connectivity index (χ2v) is 12.4. The molecule has 4 rings (SSSR count). The van der Waals surface area contributed by atoms with Crippen LogP contribution in [-0.2, 0) is 37.8 Å². The quantitative estimate of drug-likeness (QED) is 0.701. The summed E-state index contributed by atoms with van der Waals surface area (Å²) in [6, 6.07) is 2.82. The van der Waals surface area contributed by atoms with Crippen LogP contribution in [0.25, 0.3) is 0 Å². The molecule has 2 fully saturated rings. The van der Waals surface area contributed by atoms with Crippen molar-refractivity contribution in [2.45, 2.75) is 51.2 Å². The monoisotopic (exact) mass is 440 g/mol. The van der Waals surface area contributed by atoms with Crippen molar-refractivity contribution in [3.63, 3.8) is 0 Å². The van der Waals surface area contributed by atoms with E-state index >= 15 is 0 Å². The van der Waals surface area contributed by atoms with E-state index in [0.717, 1.165) is 51.6 Å². The minimum atomic E-state index is -3.25. The summed E-state index contributed by atoms with van der Waals surface area (Å²) in [7, 11) is -3.25. The van der Waals surface area contributed by atoms with Crippen molar-refractivity contribution in [2.75, 3.05) is 44.8 Å². The fourth-order valence-electron chi connectivity index (χ4n) is 5.08. The van der Waals surface area contributed by atoms with Gasteiger partial charge in [0.05, 0.1) is 12.2 Å². The number of aryl methyl sites for hydroxylation is 1. The minimum absolute atomic E-state index is 0.121. The lowest BCUT2D eigenvalue weighted by Crippen LogP contribution is -2.58. The van der Waals surface area contributed by atoms with Gasteiger partial charge < -0.3 is 14.5 Å². The number of piperidine rings is 1. The minimum Gasteiger partial charge on any atom is -0.370 e. The second kappa shape index (κ2) is 7.94. The summed E-state index contributed by atoms with van der Waals surface area (Å²) in [5, 5.41) is 0. The predicted octanol–water partition coefficient (Wildman–Crippen LogP) is 2.07. The fourth-order valence-corrected chi connectivity index (χ4v) is 6.89. The Morgan fingerprint density at radius 3 is 2.79 bits per heavy atom. The number of hydrogen-bond donors (Lipinski definition) is 0. The van der Waals surface area contributed by atoms with Crippen LogP contribution < -0.4 is 0 Å². The van der Waals surface area contributed by atoms with Gasteiger partial charge in [-0.15, -0.1) is 11.3 Å². The van der Waals surface area contributed by atoms with E-state index in [2.05, 4.69) is 24.8 Å². The van der Waals surface area contributed by atoms with Gasteiger partial charge in [0.25, 0.3) is 0 Å². The molecule has 0 saturated carbocycles. The number of carbonyl (C=O) groups is 1. The lowest BCUT2D eigenvalue weighted by molar-refractivity contribution is -0.137. The van der Waals surface area contributed by atoms with Gasteiger partial charge in [0, 0.05) is 60.6 Å². The first-order valence-electron chi connectivity index (χ1n) is 10.6. The second-order valence-electron chi connectivity index (χ2n) is 9.03. The Hall–Kier alpha value is -0.960. The van der Waals surface area contributed by atoms with E-state index in [0.29, 0.717) is 25.0 Å². The van der Waals surface area contributed by atoms with Crippen molar-refractivity contribution in [2.24, 2.45) is 5.92 Å². The molecule has 1 aromatic rings. The maximum Gasteiger partial charge on any atom is 0.237 e. The summed E-state index contributed by atoms with van der Waals surface area (Å²) >= 11 is 1.96. The van der Waals surface area contributed by atoms with Gasteiger partial charge in [-0.25, -0.2) is 8.42 Å². The van der Waals surface area contributed by atoms with Gasteiger partial charge in [-0.3, -0.25) is 4.79 Å². The fraction of sp³-hybridized carbons (Fsp3) is 0.762. The molecule has 2 atom stereocenters. The first kappa shape index (κ1) is 21.3. The van der Waals surface area contributed by atoms with Gasteiger partial charge in [0.15, 0.2) is 9.84 Å². The number of hydrogen-bond acceptors (Lipinski definition) is 6. The molecule has 0 N–H and O–H groups in total. The Morgan fingerprint density at radius 1 is 1.38 bits per heavy atom. The highest BCUT2D eigenvalue weighted by Gasteiger charge is 2.45. The van der Waals surface area contributed by atoms with Crippen LogP contribution in [0.4, 0.5) is 0 Å². The maximum atomic E-state index is 12.0. The van der Waals surface area contributed by atoms with E-state index in [1.165, 1.54) is 15.3 Å². The molecule has 6 nitrogen and oxygen atoms in total. The summed E-state index contributed by atoms with van der Waals surface area (Å²) in [6.45, 7) is 8.66. The third-order valence-electron chi connectivity index (χ3n) is 6.65. The highest BCUT2D eigenvalue weighted by atomic mass is 32.2. The zero-order valence-corrected chi connectivity index (χ0v) is 19.3. The molecule has 0 aromatic carbocycles.